The Hall–Kier alpha value is -1.05. The van der Waals surface area contributed by atoms with Gasteiger partial charge in [0.25, 0.3) is 0 Å². The normalized spacial score (nSPS) is 10.2. The summed E-state index contributed by atoms with van der Waals surface area (Å²) in [6, 6.07) is 3.66. The van der Waals surface area contributed by atoms with Gasteiger partial charge in [0.2, 0.25) is 5.56 Å². The van der Waals surface area contributed by atoms with Crippen molar-refractivity contribution in [3.8, 4) is 0 Å². The van der Waals surface area contributed by atoms with Gasteiger partial charge in [-0.2, -0.15) is 0 Å². The summed E-state index contributed by atoms with van der Waals surface area (Å²) in [6.45, 7) is 4.10. The van der Waals surface area contributed by atoms with Gasteiger partial charge < -0.3 is 4.98 Å². The van der Waals surface area contributed by atoms with Crippen molar-refractivity contribution in [3.05, 3.63) is 33.7 Å². The second kappa shape index (κ2) is 4.10. The SMILES string of the molecule is CCCCc1cc(C)cc(=O)[nH]1. The quantitative estimate of drug-likeness (QED) is 0.730. The Morgan fingerprint density at radius 1 is 1.42 bits per heavy atom. The Bertz CT molecular complexity index is 301. The van der Waals surface area contributed by atoms with Gasteiger partial charge in [-0.05, 0) is 31.4 Å². The van der Waals surface area contributed by atoms with Crippen LogP contribution in [0.4, 0.5) is 0 Å². The number of nitrogens with one attached hydrogen (secondary N) is 1. The lowest BCUT2D eigenvalue weighted by atomic mass is 10.1. The van der Waals surface area contributed by atoms with Crippen molar-refractivity contribution in [1.29, 1.82) is 0 Å². The molecule has 0 saturated heterocycles. The molecule has 0 unspecified atom stereocenters. The minimum Gasteiger partial charge on any atom is -0.326 e. The molecule has 0 amide bonds. The number of hydrogen-bond donors (Lipinski definition) is 1. The molecular formula is C10H15NO. The summed E-state index contributed by atoms with van der Waals surface area (Å²) in [6.07, 6.45) is 3.28. The molecule has 2 heteroatoms. The average Bonchev–Trinajstić information content (AvgIpc) is 1.99. The Kier molecular flexibility index (Phi) is 3.09. The van der Waals surface area contributed by atoms with E-state index in [0.29, 0.717) is 0 Å². The molecule has 0 radical (unpaired) electrons. The van der Waals surface area contributed by atoms with Crippen LogP contribution in [0.3, 0.4) is 0 Å². The molecule has 1 heterocycles. The monoisotopic (exact) mass is 165 g/mol. The number of aryl methyl sites for hydroxylation is 2. The molecule has 1 aromatic heterocycles. The molecule has 0 bridgehead atoms. The van der Waals surface area contributed by atoms with Gasteiger partial charge in [-0.3, -0.25) is 4.79 Å². The lowest BCUT2D eigenvalue weighted by Crippen LogP contribution is -2.07. The third-order valence-corrected chi connectivity index (χ3v) is 1.84. The minimum atomic E-state index is 0.0149. The highest BCUT2D eigenvalue weighted by Gasteiger charge is 1.94. The van der Waals surface area contributed by atoms with E-state index >= 15 is 0 Å². The van der Waals surface area contributed by atoms with Crippen LogP contribution in [-0.2, 0) is 6.42 Å². The number of aromatic nitrogens is 1. The van der Waals surface area contributed by atoms with Crippen molar-refractivity contribution in [2.24, 2.45) is 0 Å². The molecule has 0 saturated carbocycles. The van der Waals surface area contributed by atoms with Crippen LogP contribution in [0.5, 0.6) is 0 Å². The van der Waals surface area contributed by atoms with Crippen LogP contribution < -0.4 is 5.56 Å². The Morgan fingerprint density at radius 3 is 2.75 bits per heavy atom. The van der Waals surface area contributed by atoms with Crippen molar-refractivity contribution < 1.29 is 0 Å². The fourth-order valence-electron chi connectivity index (χ4n) is 1.26. The van der Waals surface area contributed by atoms with E-state index in [1.54, 1.807) is 6.07 Å². The number of H-pyrrole nitrogens is 1. The molecule has 0 aliphatic rings. The lowest BCUT2D eigenvalue weighted by molar-refractivity contribution is 0.773. The van der Waals surface area contributed by atoms with Crippen LogP contribution in [0.25, 0.3) is 0 Å². The van der Waals surface area contributed by atoms with E-state index in [9.17, 15) is 4.79 Å². The molecular weight excluding hydrogens is 150 g/mol. The van der Waals surface area contributed by atoms with Crippen LogP contribution in [0.2, 0.25) is 0 Å². The minimum absolute atomic E-state index is 0.0149. The predicted molar refractivity (Wildman–Crippen MR) is 50.4 cm³/mol. The van der Waals surface area contributed by atoms with Crippen molar-refractivity contribution in [2.45, 2.75) is 33.1 Å². The van der Waals surface area contributed by atoms with Crippen molar-refractivity contribution >= 4 is 0 Å². The molecule has 0 aliphatic carbocycles. The first-order valence-electron chi connectivity index (χ1n) is 4.42. The molecule has 12 heavy (non-hydrogen) atoms. The first kappa shape index (κ1) is 9.04. The van der Waals surface area contributed by atoms with Gasteiger partial charge >= 0.3 is 0 Å². The van der Waals surface area contributed by atoms with Crippen LogP contribution in [0, 0.1) is 6.92 Å². The highest BCUT2D eigenvalue weighted by molar-refractivity contribution is 5.14. The third-order valence-electron chi connectivity index (χ3n) is 1.84. The van der Waals surface area contributed by atoms with Crippen LogP contribution in [0.15, 0.2) is 16.9 Å². The first-order valence-corrected chi connectivity index (χ1v) is 4.42. The summed E-state index contributed by atoms with van der Waals surface area (Å²) < 4.78 is 0. The highest BCUT2D eigenvalue weighted by Crippen LogP contribution is 2.01. The zero-order chi connectivity index (χ0) is 8.97. The highest BCUT2D eigenvalue weighted by atomic mass is 16.1. The number of hydrogen-bond acceptors (Lipinski definition) is 1. The molecule has 0 aliphatic heterocycles. The third kappa shape index (κ3) is 2.53. The maximum Gasteiger partial charge on any atom is 0.248 e. The molecule has 0 atom stereocenters. The summed E-state index contributed by atoms with van der Waals surface area (Å²) in [5.74, 6) is 0. The maximum absolute atomic E-state index is 11.0. The molecule has 0 spiro atoms. The number of aromatic amines is 1. The summed E-state index contributed by atoms with van der Waals surface area (Å²) in [4.78, 5) is 13.8. The summed E-state index contributed by atoms with van der Waals surface area (Å²) in [7, 11) is 0. The van der Waals surface area contributed by atoms with E-state index in [-0.39, 0.29) is 5.56 Å². The number of unbranched alkanes of at least 4 members (excludes halogenated alkanes) is 1. The van der Waals surface area contributed by atoms with Gasteiger partial charge in [0.15, 0.2) is 0 Å². The largest absolute Gasteiger partial charge is 0.326 e. The van der Waals surface area contributed by atoms with Gasteiger partial charge in [-0.25, -0.2) is 0 Å². The molecule has 1 N–H and O–H groups in total. The molecule has 1 aromatic rings. The molecule has 66 valence electrons. The van der Waals surface area contributed by atoms with E-state index in [1.807, 2.05) is 13.0 Å². The Labute approximate surface area is 72.6 Å². The maximum atomic E-state index is 11.0. The standard InChI is InChI=1S/C10H15NO/c1-3-4-5-9-6-8(2)7-10(12)11-9/h6-7H,3-5H2,1-2H3,(H,11,12). The molecule has 1 rings (SSSR count). The zero-order valence-electron chi connectivity index (χ0n) is 7.68. The van der Waals surface area contributed by atoms with E-state index in [4.69, 9.17) is 0 Å². The summed E-state index contributed by atoms with van der Waals surface area (Å²) in [5, 5.41) is 0. The van der Waals surface area contributed by atoms with Gasteiger partial charge in [0.05, 0.1) is 0 Å². The van der Waals surface area contributed by atoms with Crippen molar-refractivity contribution in [1.82, 2.24) is 4.98 Å². The smallest absolute Gasteiger partial charge is 0.248 e. The Morgan fingerprint density at radius 2 is 2.17 bits per heavy atom. The van der Waals surface area contributed by atoms with Gasteiger partial charge in [-0.1, -0.05) is 13.3 Å². The topological polar surface area (TPSA) is 32.9 Å². The van der Waals surface area contributed by atoms with Gasteiger partial charge in [0, 0.05) is 11.8 Å². The average molecular weight is 165 g/mol. The lowest BCUT2D eigenvalue weighted by Gasteiger charge is -2.00. The Balaban J connectivity index is 2.79. The second-order valence-electron chi connectivity index (χ2n) is 3.15. The number of pyridine rings is 1. The van der Waals surface area contributed by atoms with Crippen molar-refractivity contribution in [2.75, 3.05) is 0 Å². The van der Waals surface area contributed by atoms with Crippen LogP contribution in [0.1, 0.15) is 31.0 Å². The molecule has 2 nitrogen and oxygen atoms in total. The summed E-state index contributed by atoms with van der Waals surface area (Å²) >= 11 is 0. The fraction of sp³-hybridized carbons (Fsp3) is 0.500. The zero-order valence-corrected chi connectivity index (χ0v) is 7.68. The number of rotatable bonds is 3. The van der Waals surface area contributed by atoms with E-state index in [1.165, 1.54) is 0 Å². The fourth-order valence-corrected chi connectivity index (χ4v) is 1.26. The van der Waals surface area contributed by atoms with E-state index < -0.39 is 0 Å². The van der Waals surface area contributed by atoms with Gasteiger partial charge in [-0.15, -0.1) is 0 Å². The van der Waals surface area contributed by atoms with E-state index in [0.717, 1.165) is 30.5 Å². The van der Waals surface area contributed by atoms with Crippen LogP contribution >= 0.6 is 0 Å². The summed E-state index contributed by atoms with van der Waals surface area (Å²) in [5.41, 5.74) is 2.12. The predicted octanol–water partition coefficient (Wildman–Crippen LogP) is 2.03. The van der Waals surface area contributed by atoms with Crippen molar-refractivity contribution in [3.63, 3.8) is 0 Å². The van der Waals surface area contributed by atoms with Gasteiger partial charge in [0.1, 0.15) is 0 Å². The van der Waals surface area contributed by atoms with E-state index in [2.05, 4.69) is 11.9 Å². The molecule has 0 aromatic carbocycles. The van der Waals surface area contributed by atoms with Crippen LogP contribution in [-0.4, -0.2) is 4.98 Å². The second-order valence-corrected chi connectivity index (χ2v) is 3.15. The first-order chi connectivity index (χ1) is 5.72. The molecule has 0 fully saturated rings.